The first kappa shape index (κ1) is 8.90. The van der Waals surface area contributed by atoms with E-state index in [2.05, 4.69) is 0 Å². The Morgan fingerprint density at radius 1 is 1.46 bits per heavy atom. The van der Waals surface area contributed by atoms with Gasteiger partial charge in [-0.3, -0.25) is 4.79 Å². The van der Waals surface area contributed by atoms with Crippen LogP contribution >= 0.6 is 11.3 Å². The number of carbonyl (C=O) groups is 1. The fourth-order valence-corrected chi connectivity index (χ4v) is 3.94. The summed E-state index contributed by atoms with van der Waals surface area (Å²) in [5, 5.41) is 1.88. The molecule has 1 aliphatic heterocycles. The average Bonchev–Trinajstić information content (AvgIpc) is 2.44. The first-order chi connectivity index (χ1) is 6.12. The van der Waals surface area contributed by atoms with Gasteiger partial charge in [0.15, 0.2) is 16.1 Å². The van der Waals surface area contributed by atoms with Crippen molar-refractivity contribution in [2.45, 2.75) is 12.2 Å². The molecule has 2 rings (SSSR count). The van der Waals surface area contributed by atoms with E-state index in [9.17, 15) is 13.2 Å². The minimum absolute atomic E-state index is 0.0416. The molecule has 0 amide bonds. The molecule has 0 N–H and O–H groups in total. The average molecular weight is 216 g/mol. The molecule has 70 valence electrons. The van der Waals surface area contributed by atoms with E-state index in [4.69, 9.17) is 0 Å². The minimum Gasteiger partial charge on any atom is -0.297 e. The predicted molar refractivity (Wildman–Crippen MR) is 50.9 cm³/mol. The third kappa shape index (κ3) is 1.53. The van der Waals surface area contributed by atoms with Crippen LogP contribution in [0.5, 0.6) is 0 Å². The minimum atomic E-state index is -2.95. The van der Waals surface area contributed by atoms with Gasteiger partial charge in [0.1, 0.15) is 0 Å². The summed E-state index contributed by atoms with van der Waals surface area (Å²) < 4.78 is 22.5. The van der Waals surface area contributed by atoms with Gasteiger partial charge < -0.3 is 0 Å². The second kappa shape index (κ2) is 2.92. The maximum Gasteiger partial charge on any atom is 0.160 e. The van der Waals surface area contributed by atoms with Gasteiger partial charge in [-0.15, -0.1) is 11.3 Å². The van der Waals surface area contributed by atoms with Crippen molar-refractivity contribution in [3.63, 3.8) is 0 Å². The van der Waals surface area contributed by atoms with Crippen LogP contribution in [0.2, 0.25) is 0 Å². The molecule has 0 aromatic carbocycles. The molecule has 0 atom stereocenters. The second-order valence-electron chi connectivity index (χ2n) is 3.06. The molecule has 0 saturated heterocycles. The van der Waals surface area contributed by atoms with Crippen LogP contribution in [0.3, 0.4) is 0 Å². The van der Waals surface area contributed by atoms with Crippen molar-refractivity contribution in [3.8, 4) is 0 Å². The highest BCUT2D eigenvalue weighted by Crippen LogP contribution is 2.28. The van der Waals surface area contributed by atoms with Crippen LogP contribution in [0.1, 0.15) is 20.8 Å². The zero-order chi connectivity index (χ0) is 9.47. The number of aldehydes is 1. The molecule has 0 unspecified atom stereocenters. The highest BCUT2D eigenvalue weighted by atomic mass is 32.2. The molecule has 0 radical (unpaired) electrons. The first-order valence-electron chi connectivity index (χ1n) is 3.87. The van der Waals surface area contributed by atoms with Crippen molar-refractivity contribution < 1.29 is 13.2 Å². The first-order valence-corrected chi connectivity index (χ1v) is 6.57. The summed E-state index contributed by atoms with van der Waals surface area (Å²) in [5.41, 5.74) is 1.76. The van der Waals surface area contributed by atoms with Crippen molar-refractivity contribution in [2.24, 2.45) is 0 Å². The highest BCUT2D eigenvalue weighted by molar-refractivity contribution is 7.90. The number of hydrogen-bond donors (Lipinski definition) is 0. The summed E-state index contributed by atoms with van der Waals surface area (Å²) >= 11 is 1.33. The molecular weight excluding hydrogens is 208 g/mol. The SMILES string of the molecule is O=Cc1scc2c1CS(=O)(=O)CC2. The third-order valence-electron chi connectivity index (χ3n) is 2.17. The van der Waals surface area contributed by atoms with Gasteiger partial charge in [0.05, 0.1) is 16.4 Å². The van der Waals surface area contributed by atoms with Gasteiger partial charge in [0, 0.05) is 0 Å². The van der Waals surface area contributed by atoms with E-state index in [0.29, 0.717) is 11.3 Å². The summed E-state index contributed by atoms with van der Waals surface area (Å²) in [5.74, 6) is 0.259. The molecule has 0 fully saturated rings. The molecule has 0 bridgehead atoms. The van der Waals surface area contributed by atoms with Crippen LogP contribution in [0.15, 0.2) is 5.38 Å². The van der Waals surface area contributed by atoms with E-state index in [-0.39, 0.29) is 11.5 Å². The molecule has 13 heavy (non-hydrogen) atoms. The van der Waals surface area contributed by atoms with Gasteiger partial charge in [-0.25, -0.2) is 8.42 Å². The number of carbonyl (C=O) groups excluding carboxylic acids is 1. The van der Waals surface area contributed by atoms with E-state index in [1.54, 1.807) is 0 Å². The molecule has 5 heteroatoms. The maximum atomic E-state index is 11.3. The Morgan fingerprint density at radius 3 is 2.92 bits per heavy atom. The van der Waals surface area contributed by atoms with Crippen molar-refractivity contribution in [2.75, 3.05) is 5.75 Å². The summed E-state index contributed by atoms with van der Waals surface area (Å²) in [6, 6.07) is 0. The van der Waals surface area contributed by atoms with E-state index in [0.717, 1.165) is 17.4 Å². The molecule has 1 aliphatic rings. The lowest BCUT2D eigenvalue weighted by Gasteiger charge is -2.12. The summed E-state index contributed by atoms with van der Waals surface area (Å²) in [6.45, 7) is 0. The fraction of sp³-hybridized carbons (Fsp3) is 0.375. The molecule has 1 aromatic heterocycles. The quantitative estimate of drug-likeness (QED) is 0.659. The van der Waals surface area contributed by atoms with Gasteiger partial charge in [0.25, 0.3) is 0 Å². The molecule has 0 saturated carbocycles. The Hall–Kier alpha value is -0.680. The number of hydrogen-bond acceptors (Lipinski definition) is 4. The van der Waals surface area contributed by atoms with E-state index >= 15 is 0 Å². The molecule has 1 aromatic rings. The fourth-order valence-electron chi connectivity index (χ4n) is 1.47. The molecule has 0 aliphatic carbocycles. The van der Waals surface area contributed by atoms with Gasteiger partial charge in [-0.2, -0.15) is 0 Å². The number of rotatable bonds is 1. The zero-order valence-corrected chi connectivity index (χ0v) is 8.45. The predicted octanol–water partition coefficient (Wildman–Crippen LogP) is 1.03. The van der Waals surface area contributed by atoms with Gasteiger partial charge in [-0.1, -0.05) is 0 Å². The third-order valence-corrected chi connectivity index (χ3v) is 4.72. The lowest BCUT2D eigenvalue weighted by Crippen LogP contribution is -2.18. The topological polar surface area (TPSA) is 51.2 Å². The highest BCUT2D eigenvalue weighted by Gasteiger charge is 2.24. The van der Waals surface area contributed by atoms with Gasteiger partial charge in [0.2, 0.25) is 0 Å². The van der Waals surface area contributed by atoms with E-state index in [1.165, 1.54) is 11.3 Å². The van der Waals surface area contributed by atoms with Crippen LogP contribution in [0.4, 0.5) is 0 Å². The molecular formula is C8H8O3S2. The normalized spacial score (nSPS) is 19.4. The number of thiophene rings is 1. The Morgan fingerprint density at radius 2 is 2.23 bits per heavy atom. The zero-order valence-electron chi connectivity index (χ0n) is 6.82. The molecule has 3 nitrogen and oxygen atoms in total. The van der Waals surface area contributed by atoms with Crippen molar-refractivity contribution in [1.29, 1.82) is 0 Å². The van der Waals surface area contributed by atoms with Crippen LogP contribution in [0, 0.1) is 0 Å². The summed E-state index contributed by atoms with van der Waals surface area (Å²) in [4.78, 5) is 11.1. The van der Waals surface area contributed by atoms with Gasteiger partial charge in [-0.05, 0) is 22.9 Å². The largest absolute Gasteiger partial charge is 0.297 e. The van der Waals surface area contributed by atoms with Crippen LogP contribution < -0.4 is 0 Å². The Labute approximate surface area is 80.3 Å². The Balaban J connectivity index is 2.53. The smallest absolute Gasteiger partial charge is 0.160 e. The number of fused-ring (bicyclic) bond motifs is 1. The lowest BCUT2D eigenvalue weighted by atomic mass is 10.1. The number of aryl methyl sites for hydroxylation is 1. The molecule has 2 heterocycles. The van der Waals surface area contributed by atoms with Crippen LogP contribution in [0.25, 0.3) is 0 Å². The monoisotopic (exact) mass is 216 g/mol. The summed E-state index contributed by atoms with van der Waals surface area (Å²) in [6.07, 6.45) is 1.30. The Kier molecular flexibility index (Phi) is 2.00. The standard InChI is InChI=1S/C8H8O3S2/c9-3-8-7-5-13(10,11)2-1-6(7)4-12-8/h3-4H,1-2,5H2. The second-order valence-corrected chi connectivity index (χ2v) is 6.16. The van der Waals surface area contributed by atoms with Crippen molar-refractivity contribution >= 4 is 27.5 Å². The van der Waals surface area contributed by atoms with Crippen LogP contribution in [-0.4, -0.2) is 20.5 Å². The maximum absolute atomic E-state index is 11.3. The Bertz CT molecular complexity index is 442. The van der Waals surface area contributed by atoms with Crippen molar-refractivity contribution in [3.05, 3.63) is 21.4 Å². The molecule has 0 spiro atoms. The van der Waals surface area contributed by atoms with E-state index < -0.39 is 9.84 Å². The van der Waals surface area contributed by atoms with E-state index in [1.807, 2.05) is 5.38 Å². The number of sulfone groups is 1. The van der Waals surface area contributed by atoms with Crippen molar-refractivity contribution in [1.82, 2.24) is 0 Å². The summed E-state index contributed by atoms with van der Waals surface area (Å²) in [7, 11) is -2.95. The lowest BCUT2D eigenvalue weighted by molar-refractivity contribution is 0.112. The van der Waals surface area contributed by atoms with Gasteiger partial charge >= 0.3 is 0 Å². The van der Waals surface area contributed by atoms with Crippen LogP contribution in [-0.2, 0) is 22.0 Å².